The second-order valence-electron chi connectivity index (χ2n) is 6.40. The monoisotopic (exact) mass is 416 g/mol. The molecule has 0 aliphatic heterocycles. The van der Waals surface area contributed by atoms with Gasteiger partial charge in [0, 0.05) is 23.7 Å². The normalized spacial score (nSPS) is 11.6. The quantitative estimate of drug-likeness (QED) is 0.470. The van der Waals surface area contributed by atoms with E-state index in [1.807, 2.05) is 50.5 Å². The van der Waals surface area contributed by atoms with Gasteiger partial charge in [-0.1, -0.05) is 22.9 Å². The van der Waals surface area contributed by atoms with Crippen LogP contribution >= 0.6 is 34.3 Å². The van der Waals surface area contributed by atoms with Crippen molar-refractivity contribution in [2.45, 2.75) is 0 Å². The summed E-state index contributed by atoms with van der Waals surface area (Å²) in [6.07, 6.45) is 0. The Morgan fingerprint density at radius 3 is 2.70 bits per heavy atom. The smallest absolute Gasteiger partial charge is 0.260 e. The molecule has 0 unspecified atom stereocenters. The number of carbonyl (C=O) groups is 1. The lowest BCUT2D eigenvalue weighted by molar-refractivity contribution is 0.0985. The average molecular weight is 417 g/mol. The number of amides is 1. The lowest BCUT2D eigenvalue weighted by Gasteiger charge is -2.22. The van der Waals surface area contributed by atoms with Crippen molar-refractivity contribution in [2.24, 2.45) is 0 Å². The van der Waals surface area contributed by atoms with Crippen LogP contribution in [-0.4, -0.2) is 48.0 Å². The van der Waals surface area contributed by atoms with Crippen LogP contribution in [0.4, 0.5) is 5.13 Å². The van der Waals surface area contributed by atoms with Gasteiger partial charge >= 0.3 is 0 Å². The molecule has 0 aliphatic rings. The third kappa shape index (κ3) is 3.82. The minimum absolute atomic E-state index is 0.0581. The Morgan fingerprint density at radius 1 is 1.07 bits per heavy atom. The molecule has 138 valence electrons. The average Bonchev–Trinajstić information content (AvgIpc) is 3.26. The molecule has 0 N–H and O–H groups in total. The largest absolute Gasteiger partial charge is 0.308 e. The number of thiazole rings is 2. The summed E-state index contributed by atoms with van der Waals surface area (Å²) in [7, 11) is 3.98. The van der Waals surface area contributed by atoms with Crippen molar-refractivity contribution >= 4 is 65.7 Å². The van der Waals surface area contributed by atoms with Gasteiger partial charge < -0.3 is 4.90 Å². The second-order valence-corrected chi connectivity index (χ2v) is 8.74. The highest BCUT2D eigenvalue weighted by Gasteiger charge is 2.22. The Morgan fingerprint density at radius 2 is 1.89 bits per heavy atom. The van der Waals surface area contributed by atoms with E-state index in [4.69, 9.17) is 11.6 Å². The Kier molecular flexibility index (Phi) is 5.10. The molecule has 0 aliphatic carbocycles. The first-order chi connectivity index (χ1) is 13.0. The first-order valence-corrected chi connectivity index (χ1v) is 10.4. The van der Waals surface area contributed by atoms with Crippen LogP contribution in [0.25, 0.3) is 20.4 Å². The standard InChI is InChI=1S/C19H17ClN4OS2/c1-23(2)7-8-24(19-22-15-6-4-13(20)10-17(15)27-19)18(25)12-3-5-14-16(9-12)26-11-21-14/h3-6,9-11H,7-8H2,1-2H3. The van der Waals surface area contributed by atoms with Crippen molar-refractivity contribution < 1.29 is 4.79 Å². The number of benzene rings is 2. The van der Waals surface area contributed by atoms with Gasteiger partial charge in [0.05, 0.1) is 25.9 Å². The molecule has 2 aromatic heterocycles. The van der Waals surface area contributed by atoms with E-state index in [2.05, 4.69) is 14.9 Å². The zero-order valence-electron chi connectivity index (χ0n) is 14.8. The van der Waals surface area contributed by atoms with Gasteiger partial charge in [-0.15, -0.1) is 11.3 Å². The van der Waals surface area contributed by atoms with E-state index in [0.29, 0.717) is 22.3 Å². The molecular formula is C19H17ClN4OS2. The number of nitrogens with zero attached hydrogens (tertiary/aromatic N) is 4. The zero-order valence-corrected chi connectivity index (χ0v) is 17.2. The molecule has 2 heterocycles. The van der Waals surface area contributed by atoms with E-state index in [-0.39, 0.29) is 5.91 Å². The molecule has 1 amide bonds. The Bertz CT molecular complexity index is 1120. The summed E-state index contributed by atoms with van der Waals surface area (Å²) in [6.45, 7) is 1.30. The summed E-state index contributed by atoms with van der Waals surface area (Å²) >= 11 is 9.11. The molecular weight excluding hydrogens is 400 g/mol. The van der Waals surface area contributed by atoms with E-state index < -0.39 is 0 Å². The number of anilines is 1. The van der Waals surface area contributed by atoms with Gasteiger partial charge in [-0.2, -0.15) is 0 Å². The van der Waals surface area contributed by atoms with Crippen molar-refractivity contribution in [2.75, 3.05) is 32.1 Å². The molecule has 0 saturated heterocycles. The molecule has 8 heteroatoms. The van der Waals surface area contributed by atoms with E-state index >= 15 is 0 Å². The zero-order chi connectivity index (χ0) is 19.0. The lowest BCUT2D eigenvalue weighted by atomic mass is 10.2. The van der Waals surface area contributed by atoms with Gasteiger partial charge in [-0.3, -0.25) is 9.69 Å². The van der Waals surface area contributed by atoms with E-state index in [9.17, 15) is 4.79 Å². The fourth-order valence-corrected chi connectivity index (χ4v) is 4.71. The molecule has 4 aromatic rings. The van der Waals surface area contributed by atoms with Crippen molar-refractivity contribution in [1.29, 1.82) is 0 Å². The van der Waals surface area contributed by atoms with Gasteiger partial charge in [0.25, 0.3) is 5.91 Å². The maximum atomic E-state index is 13.3. The number of rotatable bonds is 5. The third-order valence-electron chi connectivity index (χ3n) is 4.16. The Labute approximate surface area is 169 Å². The fourth-order valence-electron chi connectivity index (χ4n) is 2.73. The number of hydrogen-bond donors (Lipinski definition) is 0. The van der Waals surface area contributed by atoms with Crippen molar-refractivity contribution in [3.63, 3.8) is 0 Å². The van der Waals surface area contributed by atoms with Gasteiger partial charge in [-0.05, 0) is 50.5 Å². The van der Waals surface area contributed by atoms with Crippen molar-refractivity contribution in [1.82, 2.24) is 14.9 Å². The number of aromatic nitrogens is 2. The number of halogens is 1. The van der Waals surface area contributed by atoms with Crippen LogP contribution in [0.15, 0.2) is 41.9 Å². The molecule has 0 saturated carbocycles. The SMILES string of the molecule is CN(C)CCN(C(=O)c1ccc2ncsc2c1)c1nc2ccc(Cl)cc2s1. The third-order valence-corrected chi connectivity index (χ3v) is 6.23. The highest BCUT2D eigenvalue weighted by molar-refractivity contribution is 7.22. The Hall–Kier alpha value is -2.06. The summed E-state index contributed by atoms with van der Waals surface area (Å²) < 4.78 is 1.97. The molecule has 2 aromatic carbocycles. The number of fused-ring (bicyclic) bond motifs is 2. The van der Waals surface area contributed by atoms with Crippen LogP contribution < -0.4 is 4.90 Å². The summed E-state index contributed by atoms with van der Waals surface area (Å²) in [4.78, 5) is 26.1. The molecule has 27 heavy (non-hydrogen) atoms. The maximum Gasteiger partial charge on any atom is 0.260 e. The van der Waals surface area contributed by atoms with Gasteiger partial charge in [-0.25, -0.2) is 9.97 Å². The maximum absolute atomic E-state index is 13.3. The van der Waals surface area contributed by atoms with E-state index in [1.165, 1.54) is 22.7 Å². The van der Waals surface area contributed by atoms with Crippen LogP contribution in [0.5, 0.6) is 0 Å². The van der Waals surface area contributed by atoms with Crippen LogP contribution in [-0.2, 0) is 0 Å². The molecule has 5 nitrogen and oxygen atoms in total. The van der Waals surface area contributed by atoms with Gasteiger partial charge in [0.2, 0.25) is 0 Å². The first kappa shape index (κ1) is 18.3. The topological polar surface area (TPSA) is 49.3 Å². The first-order valence-electron chi connectivity index (χ1n) is 8.37. The van der Waals surface area contributed by atoms with Gasteiger partial charge in [0.1, 0.15) is 0 Å². The number of carbonyl (C=O) groups excluding carboxylic acids is 1. The highest BCUT2D eigenvalue weighted by Crippen LogP contribution is 2.32. The minimum Gasteiger partial charge on any atom is -0.308 e. The second kappa shape index (κ2) is 7.52. The molecule has 0 radical (unpaired) electrons. The predicted molar refractivity (Wildman–Crippen MR) is 114 cm³/mol. The van der Waals surface area contributed by atoms with Crippen molar-refractivity contribution in [3.8, 4) is 0 Å². The molecule has 0 fully saturated rings. The van der Waals surface area contributed by atoms with E-state index in [0.717, 1.165) is 27.0 Å². The minimum atomic E-state index is -0.0581. The van der Waals surface area contributed by atoms with Crippen LogP contribution in [0.3, 0.4) is 0 Å². The molecule has 0 atom stereocenters. The highest BCUT2D eigenvalue weighted by atomic mass is 35.5. The van der Waals surface area contributed by atoms with Crippen LogP contribution in [0, 0.1) is 0 Å². The summed E-state index contributed by atoms with van der Waals surface area (Å²) in [5.74, 6) is -0.0581. The number of likely N-dealkylation sites (N-methyl/N-ethyl adjacent to an activating group) is 1. The summed E-state index contributed by atoms with van der Waals surface area (Å²) in [5.41, 5.74) is 4.19. The van der Waals surface area contributed by atoms with Crippen LogP contribution in [0.1, 0.15) is 10.4 Å². The van der Waals surface area contributed by atoms with E-state index in [1.54, 1.807) is 10.4 Å². The van der Waals surface area contributed by atoms with Crippen molar-refractivity contribution in [3.05, 3.63) is 52.5 Å². The summed E-state index contributed by atoms with van der Waals surface area (Å²) in [6, 6.07) is 11.2. The van der Waals surface area contributed by atoms with Crippen LogP contribution in [0.2, 0.25) is 5.02 Å². The van der Waals surface area contributed by atoms with Gasteiger partial charge in [0.15, 0.2) is 5.13 Å². The molecule has 4 rings (SSSR count). The fraction of sp³-hybridized carbons (Fsp3) is 0.211. The number of hydrogen-bond acceptors (Lipinski definition) is 6. The molecule has 0 bridgehead atoms. The predicted octanol–water partition coefficient (Wildman–Crippen LogP) is 4.77. The molecule has 0 spiro atoms. The summed E-state index contributed by atoms with van der Waals surface area (Å²) in [5, 5.41) is 1.35. The Balaban J connectivity index is 1.73. The lowest BCUT2D eigenvalue weighted by Crippen LogP contribution is -2.36.